The number of nitrogens with zero attached hydrogens (tertiary/aromatic N) is 6. The van der Waals surface area contributed by atoms with Crippen molar-refractivity contribution < 1.29 is 0 Å². The largest absolute Gasteiger partial charge is 0.294 e. The summed E-state index contributed by atoms with van der Waals surface area (Å²) in [6.45, 7) is 0. The van der Waals surface area contributed by atoms with Gasteiger partial charge in [-0.2, -0.15) is 0 Å². The van der Waals surface area contributed by atoms with Crippen LogP contribution in [0.2, 0.25) is 0 Å². The summed E-state index contributed by atoms with van der Waals surface area (Å²) in [4.78, 5) is 21.4. The lowest BCUT2D eigenvalue weighted by molar-refractivity contribution is 1.08. The van der Waals surface area contributed by atoms with Gasteiger partial charge in [-0.1, -0.05) is 60.7 Å². The fourth-order valence-electron chi connectivity index (χ4n) is 7.21. The Hall–Kier alpha value is -6.66. The summed E-state index contributed by atoms with van der Waals surface area (Å²) in [5, 5.41) is 4.77. The lowest BCUT2D eigenvalue weighted by atomic mass is 9.90. The molecule has 9 aromatic rings. The Balaban J connectivity index is 1.28. The maximum absolute atomic E-state index is 5.23. The maximum atomic E-state index is 5.23. The molecule has 6 nitrogen and oxygen atoms in total. The van der Waals surface area contributed by atoms with Crippen LogP contribution in [0.3, 0.4) is 0 Å². The summed E-state index contributed by atoms with van der Waals surface area (Å²) in [5.74, 6) is 1.70. The Labute approximate surface area is 276 Å². The van der Waals surface area contributed by atoms with E-state index in [1.54, 1.807) is 12.4 Å². The summed E-state index contributed by atoms with van der Waals surface area (Å²) < 4.78 is 2.28. The minimum atomic E-state index is 0.846. The fourth-order valence-corrected chi connectivity index (χ4v) is 7.21. The van der Waals surface area contributed by atoms with Crippen LogP contribution in [0, 0.1) is 0 Å². The highest BCUT2D eigenvalue weighted by atomic mass is 15.2. The molecule has 0 bridgehead atoms. The van der Waals surface area contributed by atoms with E-state index >= 15 is 0 Å². The van der Waals surface area contributed by atoms with Gasteiger partial charge in [0.05, 0.1) is 33.8 Å². The minimum Gasteiger partial charge on any atom is -0.294 e. The van der Waals surface area contributed by atoms with E-state index in [0.29, 0.717) is 0 Å². The monoisotopic (exact) mass is 614 g/mol. The average Bonchev–Trinajstić information content (AvgIpc) is 3.48. The summed E-state index contributed by atoms with van der Waals surface area (Å²) in [6, 6.07) is 46.8. The highest BCUT2D eigenvalue weighted by Gasteiger charge is 2.29. The minimum absolute atomic E-state index is 0.846. The normalized spacial score (nSPS) is 12.1. The van der Waals surface area contributed by atoms with E-state index in [0.717, 1.165) is 56.6 Å². The molecule has 4 aromatic carbocycles. The number of fused-ring (bicyclic) bond motifs is 5. The third-order valence-corrected chi connectivity index (χ3v) is 9.29. The van der Waals surface area contributed by atoms with Crippen LogP contribution in [0.4, 0.5) is 17.2 Å². The average molecular weight is 615 g/mol. The Morgan fingerprint density at radius 1 is 0.458 bits per heavy atom. The lowest BCUT2D eigenvalue weighted by Gasteiger charge is -2.33. The lowest BCUT2D eigenvalue weighted by Crippen LogP contribution is -2.16. The standard InChI is InChI=1S/C42H26N6/c1-2-17-36-30(13-1)32-23-33-31-14-3-9-27-10-4-18-37(42(27)31)48(41-20-6-16-35(46-41)29-12-8-22-44-26-29)39(33)24-38(32)47(36)40-19-5-15-34(45-40)28-11-7-21-43-25-28/h1-26H. The first-order valence-electron chi connectivity index (χ1n) is 16.0. The Bertz CT molecular complexity index is 2680. The van der Waals surface area contributed by atoms with E-state index in [9.17, 15) is 0 Å². The predicted molar refractivity (Wildman–Crippen MR) is 194 cm³/mol. The molecule has 5 aromatic heterocycles. The topological polar surface area (TPSA) is 59.7 Å². The molecule has 10 rings (SSSR count). The third-order valence-electron chi connectivity index (χ3n) is 9.29. The molecule has 1 aliphatic heterocycles. The van der Waals surface area contributed by atoms with Gasteiger partial charge in [0.15, 0.2) is 0 Å². The van der Waals surface area contributed by atoms with Gasteiger partial charge in [0.2, 0.25) is 0 Å². The fraction of sp³-hybridized carbons (Fsp3) is 0. The number of hydrogen-bond donors (Lipinski definition) is 0. The first-order chi connectivity index (χ1) is 23.8. The molecule has 48 heavy (non-hydrogen) atoms. The van der Waals surface area contributed by atoms with Gasteiger partial charge < -0.3 is 0 Å². The number of hydrogen-bond acceptors (Lipinski definition) is 5. The number of para-hydroxylation sites is 1. The smallest absolute Gasteiger partial charge is 0.138 e. The Morgan fingerprint density at radius 2 is 1.15 bits per heavy atom. The van der Waals surface area contributed by atoms with Crippen LogP contribution in [0.15, 0.2) is 158 Å². The Kier molecular flexibility index (Phi) is 5.77. The molecule has 6 heterocycles. The van der Waals surface area contributed by atoms with E-state index in [4.69, 9.17) is 9.97 Å². The van der Waals surface area contributed by atoms with Crippen molar-refractivity contribution in [2.24, 2.45) is 0 Å². The molecule has 0 N–H and O–H groups in total. The van der Waals surface area contributed by atoms with Gasteiger partial charge in [-0.25, -0.2) is 9.97 Å². The van der Waals surface area contributed by atoms with Gasteiger partial charge in [-0.15, -0.1) is 0 Å². The molecule has 0 saturated carbocycles. The number of anilines is 3. The Morgan fingerprint density at radius 3 is 1.90 bits per heavy atom. The van der Waals surface area contributed by atoms with E-state index in [2.05, 4.69) is 116 Å². The van der Waals surface area contributed by atoms with Gasteiger partial charge >= 0.3 is 0 Å². The van der Waals surface area contributed by atoms with E-state index < -0.39 is 0 Å². The summed E-state index contributed by atoms with van der Waals surface area (Å²) >= 11 is 0. The van der Waals surface area contributed by atoms with Crippen LogP contribution >= 0.6 is 0 Å². The van der Waals surface area contributed by atoms with Gasteiger partial charge in [0, 0.05) is 57.6 Å². The zero-order valence-corrected chi connectivity index (χ0v) is 25.7. The molecule has 0 saturated heterocycles. The van der Waals surface area contributed by atoms with Gasteiger partial charge in [0.25, 0.3) is 0 Å². The number of aromatic nitrogens is 5. The zero-order chi connectivity index (χ0) is 31.6. The van der Waals surface area contributed by atoms with Crippen LogP contribution in [0.25, 0.3) is 72.0 Å². The molecule has 0 spiro atoms. The van der Waals surface area contributed by atoms with Gasteiger partial charge in [0.1, 0.15) is 11.6 Å². The SMILES string of the molecule is c1cncc(-c2cccc(N3c4cc5c(cc4-c4cccc6cccc3c46)c3ccccc3n5-c3cccc(-c4cccnc4)n3)n2)c1. The molecule has 0 atom stereocenters. The quantitative estimate of drug-likeness (QED) is 0.197. The van der Waals surface area contributed by atoms with E-state index in [-0.39, 0.29) is 0 Å². The summed E-state index contributed by atoms with van der Waals surface area (Å²) in [7, 11) is 0. The summed E-state index contributed by atoms with van der Waals surface area (Å²) in [6.07, 6.45) is 7.30. The van der Waals surface area contributed by atoms with Crippen LogP contribution in [0.1, 0.15) is 0 Å². The van der Waals surface area contributed by atoms with Crippen molar-refractivity contribution in [1.82, 2.24) is 24.5 Å². The van der Waals surface area contributed by atoms with Crippen LogP contribution in [0.5, 0.6) is 0 Å². The second-order valence-corrected chi connectivity index (χ2v) is 12.0. The van der Waals surface area contributed by atoms with Crippen LogP contribution < -0.4 is 4.90 Å². The van der Waals surface area contributed by atoms with Crippen LogP contribution in [-0.2, 0) is 0 Å². The first kappa shape index (κ1) is 26.5. The molecule has 0 radical (unpaired) electrons. The van der Waals surface area contributed by atoms with Crippen molar-refractivity contribution >= 4 is 49.8 Å². The van der Waals surface area contributed by atoms with E-state index in [1.165, 1.54) is 32.7 Å². The summed E-state index contributed by atoms with van der Waals surface area (Å²) in [5.41, 5.74) is 10.4. The second kappa shape index (κ2) is 10.4. The number of pyridine rings is 4. The molecule has 224 valence electrons. The maximum Gasteiger partial charge on any atom is 0.138 e. The third kappa shape index (κ3) is 3.99. The van der Waals surface area contributed by atoms with Crippen molar-refractivity contribution in [3.8, 4) is 39.5 Å². The van der Waals surface area contributed by atoms with E-state index in [1.807, 2.05) is 48.8 Å². The predicted octanol–water partition coefficient (Wildman–Crippen LogP) is 10.3. The molecule has 0 fully saturated rings. The van der Waals surface area contributed by atoms with Crippen molar-refractivity contribution in [3.63, 3.8) is 0 Å². The highest BCUT2D eigenvalue weighted by molar-refractivity contribution is 6.18. The molecule has 0 aliphatic carbocycles. The zero-order valence-electron chi connectivity index (χ0n) is 25.7. The molecule has 0 unspecified atom stereocenters. The number of benzene rings is 4. The first-order valence-corrected chi connectivity index (χ1v) is 16.0. The molecular weight excluding hydrogens is 589 g/mol. The molecule has 0 amide bonds. The molecular formula is C42H26N6. The van der Waals surface area contributed by atoms with Crippen molar-refractivity contribution in [2.75, 3.05) is 4.90 Å². The van der Waals surface area contributed by atoms with Gasteiger partial charge in [-0.05, 0) is 83.7 Å². The highest BCUT2D eigenvalue weighted by Crippen LogP contribution is 2.52. The van der Waals surface area contributed by atoms with Crippen molar-refractivity contribution in [3.05, 3.63) is 158 Å². The second-order valence-electron chi connectivity index (χ2n) is 12.0. The number of rotatable bonds is 4. The van der Waals surface area contributed by atoms with Crippen molar-refractivity contribution in [1.29, 1.82) is 0 Å². The van der Waals surface area contributed by atoms with Crippen molar-refractivity contribution in [2.45, 2.75) is 0 Å². The molecule has 1 aliphatic rings. The van der Waals surface area contributed by atoms with Gasteiger partial charge in [-0.3, -0.25) is 19.4 Å². The molecule has 6 heteroatoms. The van der Waals surface area contributed by atoms with Crippen LogP contribution in [-0.4, -0.2) is 24.5 Å².